The Morgan fingerprint density at radius 3 is 2.62 bits per heavy atom. The fraction of sp³-hybridized carbons (Fsp3) is 0.889. The Kier molecular flexibility index (Phi) is 2.26. The van der Waals surface area contributed by atoms with E-state index in [4.69, 9.17) is 0 Å². The first-order chi connectivity index (χ1) is 6.20. The maximum Gasteiger partial charge on any atom is 0.237 e. The van der Waals surface area contributed by atoms with E-state index in [9.17, 15) is 9.90 Å². The van der Waals surface area contributed by atoms with E-state index < -0.39 is 0 Å². The lowest BCUT2D eigenvalue weighted by Gasteiger charge is -2.41. The van der Waals surface area contributed by atoms with Crippen LogP contribution in [0, 0.1) is 0 Å². The number of nitrogens with one attached hydrogen (secondary N) is 1. The molecule has 1 amide bonds. The number of hydrogen-bond acceptors (Lipinski definition) is 3. The summed E-state index contributed by atoms with van der Waals surface area (Å²) in [6.07, 6.45) is 2.54. The maximum absolute atomic E-state index is 11.3. The first-order valence-corrected chi connectivity index (χ1v) is 4.88. The van der Waals surface area contributed by atoms with Crippen molar-refractivity contribution < 1.29 is 9.90 Å². The van der Waals surface area contributed by atoms with Crippen molar-refractivity contribution in [2.24, 2.45) is 0 Å². The van der Waals surface area contributed by atoms with Gasteiger partial charge in [-0.05, 0) is 26.3 Å². The molecule has 4 nitrogen and oxygen atoms in total. The Hall–Kier alpha value is -0.610. The highest BCUT2D eigenvalue weighted by molar-refractivity contribution is 5.83. The van der Waals surface area contributed by atoms with Crippen molar-refractivity contribution in [3.8, 4) is 0 Å². The molecular formula is C9H16N2O2. The quantitative estimate of drug-likeness (QED) is 0.598. The van der Waals surface area contributed by atoms with E-state index in [1.165, 1.54) is 0 Å². The van der Waals surface area contributed by atoms with Crippen LogP contribution in [0.3, 0.4) is 0 Å². The topological polar surface area (TPSA) is 52.6 Å². The summed E-state index contributed by atoms with van der Waals surface area (Å²) in [5, 5.41) is 12.3. The molecule has 2 fully saturated rings. The van der Waals surface area contributed by atoms with Crippen LogP contribution in [0.1, 0.15) is 19.3 Å². The number of rotatable bonds is 2. The lowest BCUT2D eigenvalue weighted by Crippen LogP contribution is -2.54. The van der Waals surface area contributed by atoms with E-state index in [2.05, 4.69) is 5.32 Å². The van der Waals surface area contributed by atoms with Gasteiger partial charge < -0.3 is 10.4 Å². The normalized spacial score (nSPS) is 39.0. The number of nitrogens with zero attached hydrogens (tertiary/aromatic N) is 1. The monoisotopic (exact) mass is 184 g/mol. The highest BCUT2D eigenvalue weighted by Crippen LogP contribution is 2.27. The Labute approximate surface area is 77.9 Å². The van der Waals surface area contributed by atoms with Gasteiger partial charge in [0, 0.05) is 12.6 Å². The van der Waals surface area contributed by atoms with Crippen molar-refractivity contribution in [3.05, 3.63) is 0 Å². The smallest absolute Gasteiger partial charge is 0.237 e. The average Bonchev–Trinajstić information content (AvgIpc) is 2.48. The van der Waals surface area contributed by atoms with Gasteiger partial charge in [-0.1, -0.05) is 0 Å². The number of carbonyl (C=O) groups is 1. The van der Waals surface area contributed by atoms with Gasteiger partial charge in [-0.25, -0.2) is 0 Å². The first kappa shape index (κ1) is 8.97. The number of likely N-dealkylation sites (N-methyl/N-ethyl adjacent to an activating group) is 1. The van der Waals surface area contributed by atoms with E-state index in [1.54, 1.807) is 0 Å². The molecule has 2 aliphatic rings. The summed E-state index contributed by atoms with van der Waals surface area (Å²) in [6, 6.07) is 0.189. The molecule has 0 radical (unpaired) electrons. The number of hydrogen-bond donors (Lipinski definition) is 2. The molecule has 74 valence electrons. The van der Waals surface area contributed by atoms with Gasteiger partial charge >= 0.3 is 0 Å². The molecule has 3 atom stereocenters. The van der Waals surface area contributed by atoms with Crippen molar-refractivity contribution in [3.63, 3.8) is 0 Å². The molecule has 2 N–H and O–H groups in total. The average molecular weight is 184 g/mol. The van der Waals surface area contributed by atoms with Crippen molar-refractivity contribution in [2.75, 3.05) is 13.6 Å². The van der Waals surface area contributed by atoms with Crippen molar-refractivity contribution >= 4 is 5.91 Å². The summed E-state index contributed by atoms with van der Waals surface area (Å²) in [5.41, 5.74) is 0. The minimum Gasteiger partial charge on any atom is -0.391 e. The minimum atomic E-state index is -0.224. The molecular weight excluding hydrogens is 168 g/mol. The highest BCUT2D eigenvalue weighted by Gasteiger charge is 2.39. The fourth-order valence-corrected chi connectivity index (χ4v) is 2.14. The van der Waals surface area contributed by atoms with Crippen LogP contribution in [0.25, 0.3) is 0 Å². The fourth-order valence-electron chi connectivity index (χ4n) is 2.14. The molecule has 4 heteroatoms. The van der Waals surface area contributed by atoms with Crippen LogP contribution in [0.2, 0.25) is 0 Å². The minimum absolute atomic E-state index is 0.0139. The Morgan fingerprint density at radius 1 is 1.46 bits per heavy atom. The van der Waals surface area contributed by atoms with Crippen LogP contribution in [-0.2, 0) is 4.79 Å². The molecule has 0 bridgehead atoms. The van der Waals surface area contributed by atoms with E-state index in [1.807, 2.05) is 11.9 Å². The number of amides is 1. The van der Waals surface area contributed by atoms with E-state index >= 15 is 0 Å². The Bertz CT molecular complexity index is 220. The lowest BCUT2D eigenvalue weighted by atomic mass is 9.87. The molecule has 0 aromatic rings. The zero-order chi connectivity index (χ0) is 9.42. The summed E-state index contributed by atoms with van der Waals surface area (Å²) in [4.78, 5) is 13.4. The third kappa shape index (κ3) is 1.44. The molecule has 1 saturated carbocycles. The van der Waals surface area contributed by atoms with Gasteiger partial charge in [0.15, 0.2) is 0 Å². The first-order valence-electron chi connectivity index (χ1n) is 4.88. The maximum atomic E-state index is 11.3. The standard InChI is InChI=1S/C9H16N2O2/c1-11(6-2-3-8(6)12)7-4-5-10-9(7)13/h6-8,12H,2-5H2,1H3,(H,10,13). The Morgan fingerprint density at radius 2 is 2.23 bits per heavy atom. The van der Waals surface area contributed by atoms with Gasteiger partial charge in [-0.2, -0.15) is 0 Å². The van der Waals surface area contributed by atoms with E-state index in [0.717, 1.165) is 25.8 Å². The third-order valence-corrected chi connectivity index (χ3v) is 3.24. The summed E-state index contributed by atoms with van der Waals surface area (Å²) in [6.45, 7) is 0.774. The van der Waals surface area contributed by atoms with E-state index in [0.29, 0.717) is 0 Å². The molecule has 3 unspecified atom stereocenters. The molecule has 2 rings (SSSR count). The van der Waals surface area contributed by atoms with Crippen molar-refractivity contribution in [1.29, 1.82) is 0 Å². The molecule has 0 aromatic carbocycles. The molecule has 1 aliphatic carbocycles. The molecule has 0 spiro atoms. The van der Waals surface area contributed by atoms with E-state index in [-0.39, 0.29) is 24.1 Å². The van der Waals surface area contributed by atoms with Crippen LogP contribution in [0.5, 0.6) is 0 Å². The summed E-state index contributed by atoms with van der Waals surface area (Å²) >= 11 is 0. The summed E-state index contributed by atoms with van der Waals surface area (Å²) in [7, 11) is 1.93. The van der Waals surface area contributed by atoms with Crippen molar-refractivity contribution in [2.45, 2.75) is 37.5 Å². The van der Waals surface area contributed by atoms with Crippen LogP contribution in [0.4, 0.5) is 0 Å². The van der Waals surface area contributed by atoms with Crippen LogP contribution in [0.15, 0.2) is 0 Å². The second kappa shape index (κ2) is 3.27. The lowest BCUT2D eigenvalue weighted by molar-refractivity contribution is -0.126. The predicted octanol–water partition coefficient (Wildman–Crippen LogP) is -0.670. The molecule has 1 heterocycles. The van der Waals surface area contributed by atoms with Gasteiger partial charge in [0.25, 0.3) is 0 Å². The summed E-state index contributed by atoms with van der Waals surface area (Å²) in [5.74, 6) is 0.113. The molecule has 1 aliphatic heterocycles. The molecule has 13 heavy (non-hydrogen) atoms. The zero-order valence-corrected chi connectivity index (χ0v) is 7.86. The van der Waals surface area contributed by atoms with Gasteiger partial charge in [-0.15, -0.1) is 0 Å². The van der Waals surface area contributed by atoms with Crippen LogP contribution >= 0.6 is 0 Å². The SMILES string of the molecule is CN(C1CCNC1=O)C1CCC1O. The highest BCUT2D eigenvalue weighted by atomic mass is 16.3. The second-order valence-electron chi connectivity index (χ2n) is 3.97. The van der Waals surface area contributed by atoms with Gasteiger partial charge in [0.05, 0.1) is 12.1 Å². The van der Waals surface area contributed by atoms with Crippen LogP contribution < -0.4 is 5.32 Å². The number of carbonyl (C=O) groups excluding carboxylic acids is 1. The zero-order valence-electron chi connectivity index (χ0n) is 7.86. The predicted molar refractivity (Wildman–Crippen MR) is 48.2 cm³/mol. The number of aliphatic hydroxyl groups is 1. The summed E-state index contributed by atoms with van der Waals surface area (Å²) < 4.78 is 0. The largest absolute Gasteiger partial charge is 0.391 e. The second-order valence-corrected chi connectivity index (χ2v) is 3.97. The van der Waals surface area contributed by atoms with Gasteiger partial charge in [-0.3, -0.25) is 9.69 Å². The van der Waals surface area contributed by atoms with Crippen molar-refractivity contribution in [1.82, 2.24) is 10.2 Å². The van der Waals surface area contributed by atoms with Gasteiger partial charge in [0.2, 0.25) is 5.91 Å². The van der Waals surface area contributed by atoms with Crippen LogP contribution in [-0.4, -0.2) is 47.7 Å². The van der Waals surface area contributed by atoms with Gasteiger partial charge in [0.1, 0.15) is 0 Å². The molecule has 1 saturated heterocycles. The molecule has 0 aromatic heterocycles. The number of aliphatic hydroxyl groups excluding tert-OH is 1. The Balaban J connectivity index is 1.95. The third-order valence-electron chi connectivity index (χ3n) is 3.24.